The van der Waals surface area contributed by atoms with E-state index >= 15 is 0 Å². The number of hydrogen-bond donors (Lipinski definition) is 0. The summed E-state index contributed by atoms with van der Waals surface area (Å²) in [6.07, 6.45) is 9.07. The maximum absolute atomic E-state index is 13.2. The molecule has 0 spiro atoms. The van der Waals surface area contributed by atoms with Crippen LogP contribution in [0.25, 0.3) is 0 Å². The average molecular weight is 250 g/mol. The zero-order valence-corrected chi connectivity index (χ0v) is 9.96. The molecule has 0 atom stereocenters. The Morgan fingerprint density at radius 2 is 2.00 bits per heavy atom. The van der Waals surface area contributed by atoms with Crippen molar-refractivity contribution in [3.8, 4) is 0 Å². The summed E-state index contributed by atoms with van der Waals surface area (Å²) in [5.74, 6) is -1.25. The molecule has 1 aliphatic carbocycles. The lowest BCUT2D eigenvalue weighted by Gasteiger charge is -2.07. The topological polar surface area (TPSA) is 21.6 Å². The number of benzene rings is 1. The monoisotopic (exact) mass is 250 g/mol. The Labute approximate surface area is 105 Å². The number of hydrogen-bond acceptors (Lipinski definition) is 2. The first-order chi connectivity index (χ1) is 8.77. The highest BCUT2D eigenvalue weighted by molar-refractivity contribution is 5.78. The SMILES string of the molecule is Fc1cccc(F)c1CO/N=[C]\C1=CCCCC1. The van der Waals surface area contributed by atoms with Crippen LogP contribution in [0.4, 0.5) is 8.78 Å². The van der Waals surface area contributed by atoms with Gasteiger partial charge in [0.25, 0.3) is 0 Å². The zero-order valence-electron chi connectivity index (χ0n) is 9.96. The van der Waals surface area contributed by atoms with Gasteiger partial charge in [-0.25, -0.2) is 8.78 Å². The van der Waals surface area contributed by atoms with Gasteiger partial charge in [0.15, 0.2) is 0 Å². The third-order valence-corrected chi connectivity index (χ3v) is 2.82. The van der Waals surface area contributed by atoms with Crippen LogP contribution < -0.4 is 0 Å². The van der Waals surface area contributed by atoms with Crippen LogP contribution in [0.5, 0.6) is 0 Å². The van der Waals surface area contributed by atoms with Crippen molar-refractivity contribution in [1.29, 1.82) is 0 Å². The van der Waals surface area contributed by atoms with Crippen molar-refractivity contribution >= 4 is 6.21 Å². The van der Waals surface area contributed by atoms with Crippen LogP contribution in [0.1, 0.15) is 31.2 Å². The fraction of sp³-hybridized carbons (Fsp3) is 0.357. The molecule has 0 saturated carbocycles. The molecule has 4 heteroatoms. The Morgan fingerprint density at radius 1 is 1.22 bits per heavy atom. The third-order valence-electron chi connectivity index (χ3n) is 2.82. The summed E-state index contributed by atoms with van der Waals surface area (Å²) < 4.78 is 26.5. The molecule has 1 aromatic carbocycles. The number of allylic oxidation sites excluding steroid dienone is 2. The summed E-state index contributed by atoms with van der Waals surface area (Å²) in [6, 6.07) is 3.70. The molecule has 95 valence electrons. The van der Waals surface area contributed by atoms with E-state index in [0.29, 0.717) is 0 Å². The number of rotatable bonds is 4. The Balaban J connectivity index is 1.88. The van der Waals surface area contributed by atoms with Gasteiger partial charge in [-0.3, -0.25) is 0 Å². The maximum Gasteiger partial charge on any atom is 0.148 e. The van der Waals surface area contributed by atoms with Crippen molar-refractivity contribution < 1.29 is 13.6 Å². The predicted molar refractivity (Wildman–Crippen MR) is 65.1 cm³/mol. The van der Waals surface area contributed by atoms with Gasteiger partial charge in [-0.15, -0.1) is 0 Å². The Hall–Kier alpha value is -1.71. The van der Waals surface area contributed by atoms with Crippen LogP contribution in [0.2, 0.25) is 0 Å². The molecule has 2 rings (SSSR count). The molecule has 0 N–H and O–H groups in total. The highest BCUT2D eigenvalue weighted by Crippen LogP contribution is 2.16. The smallest absolute Gasteiger partial charge is 0.148 e. The van der Waals surface area contributed by atoms with Gasteiger partial charge in [0.1, 0.15) is 24.5 Å². The number of halogens is 2. The van der Waals surface area contributed by atoms with Gasteiger partial charge in [0.05, 0.1) is 5.56 Å². The van der Waals surface area contributed by atoms with Crippen molar-refractivity contribution in [1.82, 2.24) is 0 Å². The second-order valence-corrected chi connectivity index (χ2v) is 4.15. The summed E-state index contributed by atoms with van der Waals surface area (Å²) in [4.78, 5) is 4.88. The van der Waals surface area contributed by atoms with Gasteiger partial charge in [-0.05, 0) is 43.4 Å². The standard InChI is InChI=1S/C14H14F2NO/c15-13-7-4-8-14(16)12(13)10-18-17-9-11-5-2-1-3-6-11/h4-5,7-8H,1-3,6,10H2. The third kappa shape index (κ3) is 3.39. The quantitative estimate of drug-likeness (QED) is 0.587. The highest BCUT2D eigenvalue weighted by Gasteiger charge is 2.08. The largest absolute Gasteiger partial charge is 0.390 e. The van der Waals surface area contributed by atoms with Gasteiger partial charge in [0, 0.05) is 0 Å². The van der Waals surface area contributed by atoms with Crippen molar-refractivity contribution in [3.05, 3.63) is 47.0 Å². The molecule has 0 saturated heterocycles. The van der Waals surface area contributed by atoms with E-state index in [1.165, 1.54) is 24.6 Å². The van der Waals surface area contributed by atoms with E-state index in [1.54, 1.807) is 0 Å². The molecule has 0 fully saturated rings. The molecular weight excluding hydrogens is 236 g/mol. The van der Waals surface area contributed by atoms with Crippen molar-refractivity contribution in [2.45, 2.75) is 32.3 Å². The normalized spacial score (nSPS) is 15.8. The van der Waals surface area contributed by atoms with Gasteiger partial charge < -0.3 is 4.84 Å². The lowest BCUT2D eigenvalue weighted by molar-refractivity contribution is 0.126. The average Bonchev–Trinajstić information content (AvgIpc) is 2.38. The molecule has 2 nitrogen and oxygen atoms in total. The molecule has 0 heterocycles. The molecule has 18 heavy (non-hydrogen) atoms. The van der Waals surface area contributed by atoms with E-state index in [1.807, 2.05) is 0 Å². The van der Waals surface area contributed by atoms with Gasteiger partial charge in [-0.2, -0.15) is 0 Å². The Bertz CT molecular complexity index is 449. The summed E-state index contributed by atoms with van der Waals surface area (Å²) >= 11 is 0. The maximum atomic E-state index is 13.2. The van der Waals surface area contributed by atoms with Crippen molar-refractivity contribution in [2.24, 2.45) is 5.16 Å². The molecule has 0 aliphatic heterocycles. The second-order valence-electron chi connectivity index (χ2n) is 4.15. The van der Waals surface area contributed by atoms with Gasteiger partial charge in [0.2, 0.25) is 0 Å². The van der Waals surface area contributed by atoms with Crippen LogP contribution in [-0.2, 0) is 11.4 Å². The van der Waals surface area contributed by atoms with Gasteiger partial charge >= 0.3 is 0 Å². The van der Waals surface area contributed by atoms with Crippen molar-refractivity contribution in [3.63, 3.8) is 0 Å². The number of nitrogens with zero attached hydrogens (tertiary/aromatic N) is 1. The zero-order chi connectivity index (χ0) is 12.8. The molecule has 1 aliphatic rings. The first-order valence-corrected chi connectivity index (χ1v) is 5.97. The minimum atomic E-state index is -0.623. The van der Waals surface area contributed by atoms with E-state index in [0.717, 1.165) is 24.8 Å². The van der Waals surface area contributed by atoms with Crippen LogP contribution in [0.15, 0.2) is 35.0 Å². The lowest BCUT2D eigenvalue weighted by atomic mass is 10.0. The first-order valence-electron chi connectivity index (χ1n) is 5.97. The summed E-state index contributed by atoms with van der Waals surface area (Å²) in [7, 11) is 0. The minimum Gasteiger partial charge on any atom is -0.390 e. The van der Waals surface area contributed by atoms with Crippen molar-refractivity contribution in [2.75, 3.05) is 0 Å². The van der Waals surface area contributed by atoms with Gasteiger partial charge in [-0.1, -0.05) is 17.3 Å². The summed E-state index contributed by atoms with van der Waals surface area (Å²) in [6.45, 7) is -0.223. The first kappa shape index (κ1) is 12.7. The fourth-order valence-electron chi connectivity index (χ4n) is 1.80. The summed E-state index contributed by atoms with van der Waals surface area (Å²) in [5.41, 5.74) is 0.885. The Morgan fingerprint density at radius 3 is 2.67 bits per heavy atom. The Kier molecular flexibility index (Phi) is 4.45. The predicted octanol–water partition coefficient (Wildman–Crippen LogP) is 3.84. The van der Waals surface area contributed by atoms with Crippen LogP contribution in [-0.4, -0.2) is 6.21 Å². The molecule has 1 radical (unpaired) electrons. The molecule has 0 amide bonds. The highest BCUT2D eigenvalue weighted by atomic mass is 19.1. The molecule has 0 bridgehead atoms. The summed E-state index contributed by atoms with van der Waals surface area (Å²) in [5, 5.41) is 3.62. The minimum absolute atomic E-state index is 0.110. The van der Waals surface area contributed by atoms with Crippen LogP contribution in [0, 0.1) is 11.6 Å². The lowest BCUT2D eigenvalue weighted by Crippen LogP contribution is -1.98. The molecule has 0 aromatic heterocycles. The second kappa shape index (κ2) is 6.28. The molecular formula is C14H14F2NO. The van der Waals surface area contributed by atoms with E-state index in [4.69, 9.17) is 4.84 Å². The molecule has 1 aromatic rings. The van der Waals surface area contributed by atoms with E-state index in [2.05, 4.69) is 17.4 Å². The van der Waals surface area contributed by atoms with E-state index in [-0.39, 0.29) is 12.2 Å². The van der Waals surface area contributed by atoms with Crippen LogP contribution >= 0.6 is 0 Å². The van der Waals surface area contributed by atoms with E-state index < -0.39 is 11.6 Å². The van der Waals surface area contributed by atoms with Crippen LogP contribution in [0.3, 0.4) is 0 Å². The molecule has 0 unspecified atom stereocenters. The van der Waals surface area contributed by atoms with E-state index in [9.17, 15) is 8.78 Å². The fourth-order valence-corrected chi connectivity index (χ4v) is 1.80.